The molecule has 1 saturated carbocycles. The normalized spacial score (nSPS) is 38.6. The monoisotopic (exact) mass is 456 g/mol. The molecule has 1 N–H and O–H groups in total. The van der Waals surface area contributed by atoms with E-state index in [9.17, 15) is 9.90 Å². The highest BCUT2D eigenvalue weighted by Crippen LogP contribution is 2.67. The van der Waals surface area contributed by atoms with E-state index in [1.165, 1.54) is 12.5 Å². The van der Waals surface area contributed by atoms with Gasteiger partial charge in [0.2, 0.25) is 0 Å². The highest BCUT2D eigenvalue weighted by Gasteiger charge is 2.77. The zero-order valence-electron chi connectivity index (χ0n) is 20.3. The first-order valence-electron chi connectivity index (χ1n) is 12.1. The van der Waals surface area contributed by atoms with Crippen LogP contribution >= 0.6 is 0 Å². The van der Waals surface area contributed by atoms with Gasteiger partial charge in [0.15, 0.2) is 0 Å². The average Bonchev–Trinajstić information content (AvgIpc) is 3.32. The molecule has 1 aliphatic carbocycles. The van der Waals surface area contributed by atoms with Crippen molar-refractivity contribution < 1.29 is 24.1 Å². The van der Waals surface area contributed by atoms with E-state index in [1.54, 1.807) is 7.11 Å². The fourth-order valence-electron chi connectivity index (χ4n) is 7.87. The van der Waals surface area contributed by atoms with E-state index in [0.717, 1.165) is 37.4 Å². The number of fused-ring (bicyclic) bond motifs is 1. The minimum absolute atomic E-state index is 0.103. The predicted molar refractivity (Wildman–Crippen MR) is 126 cm³/mol. The van der Waals surface area contributed by atoms with Crippen LogP contribution in [0.3, 0.4) is 0 Å². The summed E-state index contributed by atoms with van der Waals surface area (Å²) in [4.78, 5) is 17.1. The van der Waals surface area contributed by atoms with E-state index in [1.807, 2.05) is 20.0 Å². The van der Waals surface area contributed by atoms with Crippen LogP contribution in [0, 0.1) is 5.41 Å². The lowest BCUT2D eigenvalue weighted by molar-refractivity contribution is -0.232. The highest BCUT2D eigenvalue weighted by molar-refractivity contribution is 5.71. The van der Waals surface area contributed by atoms with E-state index in [0.29, 0.717) is 6.61 Å². The molecule has 1 aromatic rings. The molecule has 0 radical (unpaired) electrons. The standard InChI is InChI=1S/C26H36N2O5/c1-6-24-11-8-13-28-14-12-25(21(24)28)19-10-9-18(31-5)15-20(19)27(4)22(25)26(30,16-32-7-2)23(24)33-17(3)29/h8-11,15,21-23,30H,6-7,12-14,16H2,1-5H3/t21-,22+,23+,24+,25+,26-/m0/s1. The summed E-state index contributed by atoms with van der Waals surface area (Å²) in [5.41, 5.74) is 0.0734. The van der Waals surface area contributed by atoms with Crippen LogP contribution in [0.4, 0.5) is 5.69 Å². The molecule has 7 nitrogen and oxygen atoms in total. The smallest absolute Gasteiger partial charge is 0.303 e. The van der Waals surface area contributed by atoms with Gasteiger partial charge in [-0.05, 0) is 37.9 Å². The number of methoxy groups -OCH3 is 1. The fourth-order valence-corrected chi connectivity index (χ4v) is 7.87. The second-order valence-electron chi connectivity index (χ2n) is 10.1. The van der Waals surface area contributed by atoms with Gasteiger partial charge in [0.25, 0.3) is 0 Å². The van der Waals surface area contributed by atoms with Crippen molar-refractivity contribution in [1.82, 2.24) is 4.90 Å². The molecule has 0 bridgehead atoms. The zero-order chi connectivity index (χ0) is 23.6. The van der Waals surface area contributed by atoms with Crippen molar-refractivity contribution in [1.29, 1.82) is 0 Å². The van der Waals surface area contributed by atoms with Gasteiger partial charge >= 0.3 is 5.97 Å². The summed E-state index contributed by atoms with van der Waals surface area (Å²) in [5.74, 6) is 0.416. The third kappa shape index (κ3) is 2.76. The number of benzene rings is 1. The van der Waals surface area contributed by atoms with Gasteiger partial charge in [-0.25, -0.2) is 0 Å². The van der Waals surface area contributed by atoms with Crippen LogP contribution in [-0.2, 0) is 19.7 Å². The summed E-state index contributed by atoms with van der Waals surface area (Å²) in [5, 5.41) is 12.7. The van der Waals surface area contributed by atoms with Crippen LogP contribution < -0.4 is 9.64 Å². The first-order chi connectivity index (χ1) is 15.8. The summed E-state index contributed by atoms with van der Waals surface area (Å²) in [6.45, 7) is 7.89. The number of aliphatic hydroxyl groups is 1. The van der Waals surface area contributed by atoms with Crippen LogP contribution in [0.5, 0.6) is 5.75 Å². The lowest BCUT2D eigenvalue weighted by Crippen LogP contribution is -2.80. The van der Waals surface area contributed by atoms with Gasteiger partial charge in [-0.2, -0.15) is 0 Å². The van der Waals surface area contributed by atoms with Crippen LogP contribution in [0.2, 0.25) is 0 Å². The van der Waals surface area contributed by atoms with E-state index >= 15 is 0 Å². The van der Waals surface area contributed by atoms with Crippen molar-refractivity contribution in [2.24, 2.45) is 5.41 Å². The Morgan fingerprint density at radius 3 is 2.73 bits per heavy atom. The van der Waals surface area contributed by atoms with Crippen molar-refractivity contribution >= 4 is 11.7 Å². The van der Waals surface area contributed by atoms with Crippen LogP contribution in [0.1, 0.15) is 39.2 Å². The first-order valence-corrected chi connectivity index (χ1v) is 12.1. The zero-order valence-corrected chi connectivity index (χ0v) is 20.3. The van der Waals surface area contributed by atoms with E-state index in [4.69, 9.17) is 14.2 Å². The van der Waals surface area contributed by atoms with E-state index in [2.05, 4.69) is 41.0 Å². The highest BCUT2D eigenvalue weighted by atomic mass is 16.6. The van der Waals surface area contributed by atoms with Crippen LogP contribution in [0.25, 0.3) is 0 Å². The number of esters is 1. The Bertz CT molecular complexity index is 981. The summed E-state index contributed by atoms with van der Waals surface area (Å²) in [6, 6.07) is 6.08. The molecule has 1 aromatic carbocycles. The summed E-state index contributed by atoms with van der Waals surface area (Å²) < 4.78 is 17.6. The van der Waals surface area contributed by atoms with Gasteiger partial charge < -0.3 is 24.2 Å². The fraction of sp³-hybridized carbons (Fsp3) is 0.654. The topological polar surface area (TPSA) is 71.5 Å². The molecule has 3 heterocycles. The van der Waals surface area contributed by atoms with Crippen molar-refractivity contribution in [2.75, 3.05) is 45.4 Å². The minimum Gasteiger partial charge on any atom is -0.497 e. The molecule has 0 amide bonds. The lowest BCUT2D eigenvalue weighted by Gasteiger charge is -2.64. The maximum atomic E-state index is 12.7. The number of hydrogen-bond donors (Lipinski definition) is 1. The molecule has 6 atom stereocenters. The third-order valence-electron chi connectivity index (χ3n) is 8.75. The van der Waals surface area contributed by atoms with Crippen molar-refractivity contribution in [3.8, 4) is 5.75 Å². The quantitative estimate of drug-likeness (QED) is 0.521. The molecule has 1 spiro atoms. The third-order valence-corrected chi connectivity index (χ3v) is 8.75. The van der Waals surface area contributed by atoms with Gasteiger partial charge in [0.1, 0.15) is 17.5 Å². The molecule has 0 aromatic heterocycles. The largest absolute Gasteiger partial charge is 0.497 e. The van der Waals surface area contributed by atoms with Gasteiger partial charge in [-0.1, -0.05) is 25.1 Å². The molecule has 7 heteroatoms. The Hall–Kier alpha value is -2.09. The maximum Gasteiger partial charge on any atom is 0.303 e. The number of nitrogens with zero attached hydrogens (tertiary/aromatic N) is 2. The SMILES string of the molecule is CCOC[C@@]1(O)[C@H](OC(C)=O)[C@]2(CC)C=CCN3CC[C@@]4(c5ccc(OC)cc5N(C)[C@@H]14)[C@@H]32. The molecule has 0 unspecified atom stereocenters. The molecule has 2 fully saturated rings. The van der Waals surface area contributed by atoms with Crippen molar-refractivity contribution in [3.63, 3.8) is 0 Å². The predicted octanol–water partition coefficient (Wildman–Crippen LogP) is 2.50. The van der Waals surface area contributed by atoms with Crippen LogP contribution in [0.15, 0.2) is 30.4 Å². The Morgan fingerprint density at radius 1 is 1.27 bits per heavy atom. The molecular formula is C26H36N2O5. The van der Waals surface area contributed by atoms with Crippen molar-refractivity contribution in [2.45, 2.75) is 62.8 Å². The first kappa shape index (κ1) is 22.7. The number of carbonyl (C=O) groups excluding carboxylic acids is 1. The summed E-state index contributed by atoms with van der Waals surface area (Å²) in [6.07, 6.45) is 5.36. The Kier molecular flexibility index (Phi) is 5.31. The van der Waals surface area contributed by atoms with Crippen molar-refractivity contribution in [3.05, 3.63) is 35.9 Å². The number of ether oxygens (including phenoxy) is 3. The van der Waals surface area contributed by atoms with E-state index in [-0.39, 0.29) is 30.1 Å². The number of likely N-dealkylation sites (N-methyl/N-ethyl adjacent to an activating group) is 1. The second-order valence-corrected chi connectivity index (χ2v) is 10.1. The van der Waals surface area contributed by atoms with Gasteiger partial charge in [0.05, 0.1) is 19.8 Å². The second kappa shape index (κ2) is 7.72. The number of anilines is 1. The molecule has 1 saturated heterocycles. The summed E-state index contributed by atoms with van der Waals surface area (Å²) >= 11 is 0. The maximum absolute atomic E-state index is 12.7. The lowest BCUT2D eigenvalue weighted by atomic mass is 9.48. The minimum atomic E-state index is -1.40. The Balaban J connectivity index is 1.81. The molecule has 5 rings (SSSR count). The summed E-state index contributed by atoms with van der Waals surface area (Å²) in [7, 11) is 3.72. The molecular weight excluding hydrogens is 420 g/mol. The van der Waals surface area contributed by atoms with E-state index < -0.39 is 17.1 Å². The van der Waals surface area contributed by atoms with Gasteiger partial charge in [-0.15, -0.1) is 0 Å². The number of hydrogen-bond acceptors (Lipinski definition) is 7. The molecule has 4 aliphatic rings. The number of carbonyl (C=O) groups is 1. The Labute approximate surface area is 196 Å². The molecule has 33 heavy (non-hydrogen) atoms. The van der Waals surface area contributed by atoms with Gasteiger partial charge in [-0.3, -0.25) is 9.69 Å². The van der Waals surface area contributed by atoms with Crippen LogP contribution in [-0.4, -0.2) is 80.2 Å². The van der Waals surface area contributed by atoms with Gasteiger partial charge in [0, 0.05) is 55.7 Å². The number of rotatable bonds is 6. The average molecular weight is 457 g/mol. The Morgan fingerprint density at radius 2 is 2.06 bits per heavy atom. The molecule has 180 valence electrons. The molecule has 3 aliphatic heterocycles.